The van der Waals surface area contributed by atoms with Crippen molar-refractivity contribution in [1.82, 2.24) is 14.7 Å². The lowest BCUT2D eigenvalue weighted by Crippen LogP contribution is -2.51. The zero-order chi connectivity index (χ0) is 17.5. The molecule has 2 heterocycles. The Bertz CT molecular complexity index is 529. The first kappa shape index (κ1) is 18.2. The molecule has 1 amide bonds. The maximum Gasteiger partial charge on any atom is 0.236 e. The van der Waals surface area contributed by atoms with Crippen LogP contribution in [0.25, 0.3) is 0 Å². The monoisotopic (exact) mass is 345 g/mol. The predicted molar refractivity (Wildman–Crippen MR) is 99.8 cm³/mol. The van der Waals surface area contributed by atoms with E-state index in [4.69, 9.17) is 4.74 Å². The van der Waals surface area contributed by atoms with Crippen molar-refractivity contribution < 1.29 is 9.53 Å². The molecule has 0 spiro atoms. The van der Waals surface area contributed by atoms with E-state index < -0.39 is 0 Å². The first-order valence-corrected chi connectivity index (χ1v) is 9.61. The van der Waals surface area contributed by atoms with Crippen LogP contribution in [0.15, 0.2) is 30.3 Å². The van der Waals surface area contributed by atoms with E-state index in [1.54, 1.807) is 0 Å². The molecule has 25 heavy (non-hydrogen) atoms. The average molecular weight is 345 g/mol. The van der Waals surface area contributed by atoms with Crippen LogP contribution in [0.5, 0.6) is 5.75 Å². The molecule has 0 N–H and O–H groups in total. The van der Waals surface area contributed by atoms with Gasteiger partial charge in [0.05, 0.1) is 6.54 Å². The molecule has 0 radical (unpaired) electrons. The van der Waals surface area contributed by atoms with Gasteiger partial charge in [0.15, 0.2) is 0 Å². The van der Waals surface area contributed by atoms with Gasteiger partial charge in [-0.3, -0.25) is 14.6 Å². The number of hydrogen-bond donors (Lipinski definition) is 0. The standard InChI is InChI=1S/C20H31N3O2/c1-18-6-5-9-23(16-18)20(24)17-22-12-10-21(11-13-22)14-15-25-19-7-3-2-4-8-19/h2-4,7-8,18H,5-6,9-17H2,1H3. The number of piperazine rings is 1. The van der Waals surface area contributed by atoms with Gasteiger partial charge < -0.3 is 9.64 Å². The van der Waals surface area contributed by atoms with Gasteiger partial charge in [0, 0.05) is 45.8 Å². The van der Waals surface area contributed by atoms with Gasteiger partial charge in [0.2, 0.25) is 5.91 Å². The fraction of sp³-hybridized carbons (Fsp3) is 0.650. The Morgan fingerprint density at radius 2 is 1.80 bits per heavy atom. The zero-order valence-corrected chi connectivity index (χ0v) is 15.4. The van der Waals surface area contributed by atoms with Crippen LogP contribution in [0.2, 0.25) is 0 Å². The third-order valence-corrected chi connectivity index (χ3v) is 5.25. The number of piperidine rings is 1. The predicted octanol–water partition coefficient (Wildman–Crippen LogP) is 1.94. The highest BCUT2D eigenvalue weighted by atomic mass is 16.5. The molecular formula is C20H31N3O2. The summed E-state index contributed by atoms with van der Waals surface area (Å²) in [6.07, 6.45) is 2.41. The minimum absolute atomic E-state index is 0.312. The summed E-state index contributed by atoms with van der Waals surface area (Å²) in [5, 5.41) is 0. The van der Waals surface area contributed by atoms with Crippen LogP contribution in [0.3, 0.4) is 0 Å². The lowest BCUT2D eigenvalue weighted by atomic mass is 10.0. The lowest BCUT2D eigenvalue weighted by molar-refractivity contribution is -0.134. The average Bonchev–Trinajstić information content (AvgIpc) is 2.64. The van der Waals surface area contributed by atoms with E-state index in [9.17, 15) is 4.79 Å². The fourth-order valence-corrected chi connectivity index (χ4v) is 3.69. The van der Waals surface area contributed by atoms with Gasteiger partial charge in [-0.2, -0.15) is 0 Å². The number of likely N-dealkylation sites (tertiary alicyclic amines) is 1. The van der Waals surface area contributed by atoms with Crippen LogP contribution in [0.4, 0.5) is 0 Å². The molecule has 1 unspecified atom stereocenters. The number of amides is 1. The number of ether oxygens (including phenoxy) is 1. The summed E-state index contributed by atoms with van der Waals surface area (Å²) < 4.78 is 5.77. The molecule has 0 aromatic heterocycles. The van der Waals surface area contributed by atoms with Crippen LogP contribution in [0.1, 0.15) is 19.8 Å². The van der Waals surface area contributed by atoms with Crippen LogP contribution >= 0.6 is 0 Å². The Labute approximate surface area is 151 Å². The highest BCUT2D eigenvalue weighted by molar-refractivity contribution is 5.78. The molecular weight excluding hydrogens is 314 g/mol. The van der Waals surface area contributed by atoms with Gasteiger partial charge in [-0.1, -0.05) is 25.1 Å². The molecule has 3 rings (SSSR count). The van der Waals surface area contributed by atoms with Crippen LogP contribution in [0, 0.1) is 5.92 Å². The number of benzene rings is 1. The SMILES string of the molecule is CC1CCCN(C(=O)CN2CCN(CCOc3ccccc3)CC2)C1. The van der Waals surface area contributed by atoms with Crippen molar-refractivity contribution >= 4 is 5.91 Å². The molecule has 138 valence electrons. The van der Waals surface area contributed by atoms with E-state index in [1.807, 2.05) is 30.3 Å². The van der Waals surface area contributed by atoms with Crippen molar-refractivity contribution in [3.05, 3.63) is 30.3 Å². The topological polar surface area (TPSA) is 36.0 Å². The summed E-state index contributed by atoms with van der Waals surface area (Å²) in [4.78, 5) is 19.3. The second-order valence-corrected chi connectivity index (χ2v) is 7.37. The zero-order valence-electron chi connectivity index (χ0n) is 15.4. The quantitative estimate of drug-likeness (QED) is 0.789. The van der Waals surface area contributed by atoms with Crippen LogP contribution in [-0.4, -0.2) is 79.6 Å². The van der Waals surface area contributed by atoms with Gasteiger partial charge in [-0.05, 0) is 30.9 Å². The third-order valence-electron chi connectivity index (χ3n) is 5.25. The molecule has 0 bridgehead atoms. The normalized spacial score (nSPS) is 22.8. The first-order chi connectivity index (χ1) is 12.2. The molecule has 2 saturated heterocycles. The minimum Gasteiger partial charge on any atom is -0.492 e. The number of hydrogen-bond acceptors (Lipinski definition) is 4. The van der Waals surface area contributed by atoms with E-state index in [2.05, 4.69) is 21.6 Å². The van der Waals surface area contributed by atoms with Crippen molar-refractivity contribution in [2.45, 2.75) is 19.8 Å². The Hall–Kier alpha value is -1.59. The van der Waals surface area contributed by atoms with E-state index in [0.717, 1.165) is 58.0 Å². The summed E-state index contributed by atoms with van der Waals surface area (Å²) in [7, 11) is 0. The second kappa shape index (κ2) is 9.20. The van der Waals surface area contributed by atoms with Crippen molar-refractivity contribution in [2.24, 2.45) is 5.92 Å². The summed E-state index contributed by atoms with van der Waals surface area (Å²) >= 11 is 0. The molecule has 5 heteroatoms. The van der Waals surface area contributed by atoms with Gasteiger partial charge >= 0.3 is 0 Å². The Kier molecular flexibility index (Phi) is 6.70. The Balaban J connectivity index is 1.32. The Morgan fingerprint density at radius 3 is 2.52 bits per heavy atom. The van der Waals surface area contributed by atoms with Crippen LogP contribution < -0.4 is 4.74 Å². The fourth-order valence-electron chi connectivity index (χ4n) is 3.69. The number of para-hydroxylation sites is 1. The molecule has 0 saturated carbocycles. The summed E-state index contributed by atoms with van der Waals surface area (Å²) in [5.74, 6) is 1.90. The van der Waals surface area contributed by atoms with Gasteiger partial charge in [0.1, 0.15) is 12.4 Å². The molecule has 1 aromatic rings. The minimum atomic E-state index is 0.312. The smallest absolute Gasteiger partial charge is 0.236 e. The highest BCUT2D eigenvalue weighted by Gasteiger charge is 2.24. The molecule has 2 aliphatic rings. The van der Waals surface area contributed by atoms with Gasteiger partial charge in [-0.15, -0.1) is 0 Å². The molecule has 1 aromatic carbocycles. The highest BCUT2D eigenvalue weighted by Crippen LogP contribution is 2.16. The Morgan fingerprint density at radius 1 is 1.08 bits per heavy atom. The number of carbonyl (C=O) groups excluding carboxylic acids is 1. The number of carbonyl (C=O) groups is 1. The maximum atomic E-state index is 12.5. The van der Waals surface area contributed by atoms with Crippen molar-refractivity contribution in [3.63, 3.8) is 0 Å². The largest absolute Gasteiger partial charge is 0.492 e. The van der Waals surface area contributed by atoms with Crippen molar-refractivity contribution in [3.8, 4) is 5.75 Å². The van der Waals surface area contributed by atoms with E-state index in [0.29, 0.717) is 25.0 Å². The molecule has 1 atom stereocenters. The van der Waals surface area contributed by atoms with E-state index >= 15 is 0 Å². The summed E-state index contributed by atoms with van der Waals surface area (Å²) in [6, 6.07) is 9.97. The van der Waals surface area contributed by atoms with Crippen molar-refractivity contribution in [1.29, 1.82) is 0 Å². The number of nitrogens with zero attached hydrogens (tertiary/aromatic N) is 3. The molecule has 0 aliphatic carbocycles. The number of rotatable bonds is 6. The van der Waals surface area contributed by atoms with Crippen LogP contribution in [-0.2, 0) is 4.79 Å². The first-order valence-electron chi connectivity index (χ1n) is 9.61. The molecule has 2 fully saturated rings. The van der Waals surface area contributed by atoms with Gasteiger partial charge in [-0.25, -0.2) is 0 Å². The van der Waals surface area contributed by atoms with E-state index in [1.165, 1.54) is 6.42 Å². The maximum absolute atomic E-state index is 12.5. The van der Waals surface area contributed by atoms with E-state index in [-0.39, 0.29) is 0 Å². The molecule has 5 nitrogen and oxygen atoms in total. The van der Waals surface area contributed by atoms with Crippen molar-refractivity contribution in [2.75, 3.05) is 59.0 Å². The summed E-state index contributed by atoms with van der Waals surface area (Å²) in [6.45, 7) is 10.4. The van der Waals surface area contributed by atoms with Gasteiger partial charge in [0.25, 0.3) is 0 Å². The molecule has 2 aliphatic heterocycles. The lowest BCUT2D eigenvalue weighted by Gasteiger charge is -2.36. The summed E-state index contributed by atoms with van der Waals surface area (Å²) in [5.41, 5.74) is 0. The third kappa shape index (κ3) is 5.72. The second-order valence-electron chi connectivity index (χ2n) is 7.37.